The van der Waals surface area contributed by atoms with Crippen molar-refractivity contribution in [3.05, 3.63) is 47.0 Å². The maximum atomic E-state index is 11.7. The molecular formula is C15H15ClN6O. The van der Waals surface area contributed by atoms with E-state index >= 15 is 0 Å². The highest BCUT2D eigenvalue weighted by atomic mass is 35.5. The summed E-state index contributed by atoms with van der Waals surface area (Å²) in [6.45, 7) is 0.526. The topological polar surface area (TPSA) is 84.7 Å². The third-order valence-electron chi connectivity index (χ3n) is 3.44. The Morgan fingerprint density at radius 1 is 1.30 bits per heavy atom. The van der Waals surface area contributed by atoms with Gasteiger partial charge in [-0.25, -0.2) is 4.98 Å². The number of nitrogens with one attached hydrogen (secondary N) is 2. The Labute approximate surface area is 137 Å². The molecule has 7 nitrogen and oxygen atoms in total. The zero-order chi connectivity index (χ0) is 16.4. The zero-order valence-electron chi connectivity index (χ0n) is 12.7. The van der Waals surface area contributed by atoms with Gasteiger partial charge in [-0.15, -0.1) is 0 Å². The Hall–Kier alpha value is -2.67. The molecule has 3 aromatic rings. The van der Waals surface area contributed by atoms with E-state index in [-0.39, 0.29) is 11.2 Å². The number of hydrogen-bond acceptors (Lipinski definition) is 5. The lowest BCUT2D eigenvalue weighted by Crippen LogP contribution is -2.17. The number of imidazole rings is 1. The van der Waals surface area contributed by atoms with Gasteiger partial charge in [0, 0.05) is 19.7 Å². The first kappa shape index (κ1) is 15.2. The van der Waals surface area contributed by atoms with Crippen LogP contribution < -0.4 is 10.6 Å². The van der Waals surface area contributed by atoms with Crippen LogP contribution >= 0.6 is 11.6 Å². The summed E-state index contributed by atoms with van der Waals surface area (Å²) >= 11 is 5.96. The highest BCUT2D eigenvalue weighted by molar-refractivity contribution is 6.28. The predicted octanol–water partition coefficient (Wildman–Crippen LogP) is 1.93. The molecule has 0 saturated heterocycles. The van der Waals surface area contributed by atoms with E-state index in [1.165, 1.54) is 0 Å². The lowest BCUT2D eigenvalue weighted by molar-refractivity contribution is 0.0963. The second-order valence-electron chi connectivity index (χ2n) is 4.92. The number of anilines is 1. The number of carbonyl (C=O) groups is 1. The average molecular weight is 331 g/mol. The standard InChI is InChI=1S/C15H15ClN6O/c1-17-12-11-13(21-15(16)20-12)22(8-19-11)7-9-4-3-5-10(6-9)14(23)18-2/h3-6,8H,7H2,1-2H3,(H,18,23)(H,17,20,21). The maximum absolute atomic E-state index is 11.7. The summed E-state index contributed by atoms with van der Waals surface area (Å²) in [5, 5.41) is 5.73. The van der Waals surface area contributed by atoms with E-state index in [0.717, 1.165) is 5.56 Å². The van der Waals surface area contributed by atoms with Crippen LogP contribution in [-0.2, 0) is 6.54 Å². The molecule has 118 valence electrons. The van der Waals surface area contributed by atoms with Gasteiger partial charge in [0.25, 0.3) is 5.91 Å². The molecule has 1 aromatic carbocycles. The number of rotatable bonds is 4. The van der Waals surface area contributed by atoms with Gasteiger partial charge in [0.2, 0.25) is 5.28 Å². The summed E-state index contributed by atoms with van der Waals surface area (Å²) in [7, 11) is 3.36. The zero-order valence-corrected chi connectivity index (χ0v) is 13.4. The first-order chi connectivity index (χ1) is 11.1. The molecule has 0 aliphatic heterocycles. The molecule has 0 fully saturated rings. The van der Waals surface area contributed by atoms with Crippen LogP contribution in [-0.4, -0.2) is 39.5 Å². The number of nitrogens with zero attached hydrogens (tertiary/aromatic N) is 4. The minimum absolute atomic E-state index is 0.120. The van der Waals surface area contributed by atoms with Crippen LogP contribution in [0.4, 0.5) is 5.82 Å². The lowest BCUT2D eigenvalue weighted by Gasteiger charge is -2.07. The van der Waals surface area contributed by atoms with Crippen molar-refractivity contribution in [2.24, 2.45) is 0 Å². The van der Waals surface area contributed by atoms with Crippen molar-refractivity contribution in [3.8, 4) is 0 Å². The molecule has 0 unspecified atom stereocenters. The van der Waals surface area contributed by atoms with Crippen LogP contribution in [0.1, 0.15) is 15.9 Å². The average Bonchev–Trinajstić information content (AvgIpc) is 2.96. The number of carbonyl (C=O) groups excluding carboxylic acids is 1. The van der Waals surface area contributed by atoms with Crippen molar-refractivity contribution in [3.63, 3.8) is 0 Å². The molecule has 3 rings (SSSR count). The van der Waals surface area contributed by atoms with Gasteiger partial charge in [0.15, 0.2) is 17.0 Å². The summed E-state index contributed by atoms with van der Waals surface area (Å²) in [4.78, 5) is 24.4. The molecule has 0 spiro atoms. The van der Waals surface area contributed by atoms with Crippen molar-refractivity contribution in [2.75, 3.05) is 19.4 Å². The molecule has 0 saturated carbocycles. The quantitative estimate of drug-likeness (QED) is 0.714. The van der Waals surface area contributed by atoms with Gasteiger partial charge >= 0.3 is 0 Å². The Balaban J connectivity index is 1.99. The lowest BCUT2D eigenvalue weighted by atomic mass is 10.1. The van der Waals surface area contributed by atoms with Crippen molar-refractivity contribution in [2.45, 2.75) is 6.54 Å². The second kappa shape index (κ2) is 6.21. The van der Waals surface area contributed by atoms with Gasteiger partial charge in [0.1, 0.15) is 0 Å². The monoisotopic (exact) mass is 330 g/mol. The molecule has 2 aromatic heterocycles. The van der Waals surface area contributed by atoms with Gasteiger partial charge in [0.05, 0.1) is 12.9 Å². The highest BCUT2D eigenvalue weighted by Gasteiger charge is 2.12. The molecule has 0 bridgehead atoms. The Bertz CT molecular complexity index is 876. The normalized spacial score (nSPS) is 10.7. The van der Waals surface area contributed by atoms with Crippen molar-refractivity contribution in [1.29, 1.82) is 0 Å². The first-order valence-electron chi connectivity index (χ1n) is 6.99. The third-order valence-corrected chi connectivity index (χ3v) is 3.61. The molecule has 2 heterocycles. The smallest absolute Gasteiger partial charge is 0.251 e. The fourth-order valence-electron chi connectivity index (χ4n) is 2.36. The van der Waals surface area contributed by atoms with Gasteiger partial charge in [-0.1, -0.05) is 12.1 Å². The predicted molar refractivity (Wildman–Crippen MR) is 88.8 cm³/mol. The van der Waals surface area contributed by atoms with Crippen LogP contribution in [0.15, 0.2) is 30.6 Å². The van der Waals surface area contributed by atoms with E-state index in [1.54, 1.807) is 26.5 Å². The molecule has 0 radical (unpaired) electrons. The van der Waals surface area contributed by atoms with E-state index in [9.17, 15) is 4.79 Å². The van der Waals surface area contributed by atoms with Gasteiger partial charge < -0.3 is 15.2 Å². The Morgan fingerprint density at radius 2 is 2.13 bits per heavy atom. The summed E-state index contributed by atoms with van der Waals surface area (Å²) < 4.78 is 1.87. The second-order valence-corrected chi connectivity index (χ2v) is 5.25. The van der Waals surface area contributed by atoms with Crippen LogP contribution in [0.25, 0.3) is 11.2 Å². The van der Waals surface area contributed by atoms with E-state index in [0.29, 0.717) is 29.1 Å². The molecule has 0 atom stereocenters. The molecule has 1 amide bonds. The molecule has 2 N–H and O–H groups in total. The van der Waals surface area contributed by atoms with Gasteiger partial charge in [-0.3, -0.25) is 4.79 Å². The Kier molecular flexibility index (Phi) is 4.12. The van der Waals surface area contributed by atoms with Crippen molar-refractivity contribution in [1.82, 2.24) is 24.8 Å². The third kappa shape index (κ3) is 2.95. The first-order valence-corrected chi connectivity index (χ1v) is 7.37. The van der Waals surface area contributed by atoms with Crippen molar-refractivity contribution < 1.29 is 4.79 Å². The fourth-order valence-corrected chi connectivity index (χ4v) is 2.52. The maximum Gasteiger partial charge on any atom is 0.251 e. The Morgan fingerprint density at radius 3 is 2.87 bits per heavy atom. The molecule has 0 aliphatic carbocycles. The van der Waals surface area contributed by atoms with E-state index in [1.807, 2.05) is 22.8 Å². The van der Waals surface area contributed by atoms with Gasteiger partial charge in [-0.05, 0) is 29.3 Å². The van der Waals surface area contributed by atoms with Crippen LogP contribution in [0.3, 0.4) is 0 Å². The number of benzene rings is 1. The molecular weight excluding hydrogens is 316 g/mol. The number of halogens is 1. The number of aromatic nitrogens is 4. The summed E-state index contributed by atoms with van der Waals surface area (Å²) in [5.74, 6) is 0.461. The summed E-state index contributed by atoms with van der Waals surface area (Å²) in [6.07, 6.45) is 1.68. The van der Waals surface area contributed by atoms with E-state index < -0.39 is 0 Å². The van der Waals surface area contributed by atoms with Crippen LogP contribution in [0, 0.1) is 0 Å². The summed E-state index contributed by atoms with van der Waals surface area (Å²) in [6, 6.07) is 7.40. The largest absolute Gasteiger partial charge is 0.371 e. The van der Waals surface area contributed by atoms with Crippen LogP contribution in [0.5, 0.6) is 0 Å². The highest BCUT2D eigenvalue weighted by Crippen LogP contribution is 2.21. The SMILES string of the molecule is CNC(=O)c1cccc(Cn2cnc3c(NC)nc(Cl)nc32)c1. The molecule has 8 heteroatoms. The van der Waals surface area contributed by atoms with Crippen LogP contribution in [0.2, 0.25) is 5.28 Å². The minimum Gasteiger partial charge on any atom is -0.371 e. The molecule has 0 aliphatic rings. The molecule has 23 heavy (non-hydrogen) atoms. The van der Waals surface area contributed by atoms with Gasteiger partial charge in [-0.2, -0.15) is 9.97 Å². The number of fused-ring (bicyclic) bond motifs is 1. The minimum atomic E-state index is -0.120. The van der Waals surface area contributed by atoms with Crippen molar-refractivity contribution >= 4 is 34.5 Å². The van der Waals surface area contributed by atoms with E-state index in [2.05, 4.69) is 25.6 Å². The van der Waals surface area contributed by atoms with E-state index in [4.69, 9.17) is 11.6 Å². The number of hydrogen-bond donors (Lipinski definition) is 2. The summed E-state index contributed by atoms with van der Waals surface area (Å²) in [5.41, 5.74) is 2.86. The number of amides is 1. The fraction of sp³-hybridized carbons (Fsp3) is 0.200.